The Kier molecular flexibility index (Phi) is 4.63. The lowest BCUT2D eigenvalue weighted by atomic mass is 10.2. The SMILES string of the molecule is O=C(COc1ccccc1C(=O)O)Nc1ncc([N+](=O)[O-])s1. The van der Waals surface area contributed by atoms with Crippen molar-refractivity contribution in [2.75, 3.05) is 11.9 Å². The van der Waals surface area contributed by atoms with Gasteiger partial charge < -0.3 is 9.84 Å². The molecule has 1 aromatic heterocycles. The van der Waals surface area contributed by atoms with E-state index in [9.17, 15) is 19.7 Å². The van der Waals surface area contributed by atoms with E-state index in [-0.39, 0.29) is 21.4 Å². The molecule has 9 nitrogen and oxygen atoms in total. The largest absolute Gasteiger partial charge is 0.483 e. The fraction of sp³-hybridized carbons (Fsp3) is 0.0833. The summed E-state index contributed by atoms with van der Waals surface area (Å²) >= 11 is 0.707. The van der Waals surface area contributed by atoms with Crippen LogP contribution in [0.3, 0.4) is 0 Å². The molecule has 0 aliphatic carbocycles. The van der Waals surface area contributed by atoms with E-state index in [1.54, 1.807) is 6.07 Å². The highest BCUT2D eigenvalue weighted by atomic mass is 32.1. The number of nitro groups is 1. The Morgan fingerprint density at radius 1 is 1.41 bits per heavy atom. The summed E-state index contributed by atoms with van der Waals surface area (Å²) in [5.74, 6) is -1.73. The molecule has 2 rings (SSSR count). The van der Waals surface area contributed by atoms with Crippen molar-refractivity contribution in [2.45, 2.75) is 0 Å². The first-order chi connectivity index (χ1) is 10.5. The number of aromatic nitrogens is 1. The van der Waals surface area contributed by atoms with E-state index < -0.39 is 23.4 Å². The standard InChI is InChI=1S/C12H9N3O6S/c16-9(14-12-13-5-10(22-12)15(19)20)6-21-8-4-2-1-3-7(8)11(17)18/h1-5H,6H2,(H,17,18)(H,13,14,16). The minimum Gasteiger partial charge on any atom is -0.483 e. The van der Waals surface area contributed by atoms with Crippen molar-refractivity contribution >= 4 is 33.3 Å². The van der Waals surface area contributed by atoms with Gasteiger partial charge in [-0.25, -0.2) is 9.78 Å². The van der Waals surface area contributed by atoms with E-state index in [1.165, 1.54) is 18.2 Å². The van der Waals surface area contributed by atoms with Crippen LogP contribution in [-0.2, 0) is 4.79 Å². The van der Waals surface area contributed by atoms with Gasteiger partial charge in [0, 0.05) is 0 Å². The van der Waals surface area contributed by atoms with Gasteiger partial charge >= 0.3 is 11.0 Å². The quantitative estimate of drug-likeness (QED) is 0.611. The molecule has 0 aliphatic rings. The van der Waals surface area contributed by atoms with E-state index in [4.69, 9.17) is 9.84 Å². The maximum absolute atomic E-state index is 11.7. The van der Waals surface area contributed by atoms with Crippen LogP contribution in [0.4, 0.5) is 10.1 Å². The van der Waals surface area contributed by atoms with E-state index in [0.717, 1.165) is 6.20 Å². The molecular weight excluding hydrogens is 314 g/mol. The molecule has 0 unspecified atom stereocenters. The minimum atomic E-state index is -1.17. The van der Waals surface area contributed by atoms with Gasteiger partial charge in [0.05, 0.1) is 4.92 Å². The zero-order chi connectivity index (χ0) is 16.1. The number of hydrogen-bond acceptors (Lipinski definition) is 7. The summed E-state index contributed by atoms with van der Waals surface area (Å²) < 4.78 is 5.14. The fourth-order valence-corrected chi connectivity index (χ4v) is 2.12. The Bertz CT molecular complexity index is 729. The number of aromatic carboxylic acids is 1. The molecule has 10 heteroatoms. The van der Waals surface area contributed by atoms with Gasteiger partial charge in [-0.1, -0.05) is 12.1 Å². The van der Waals surface area contributed by atoms with Gasteiger partial charge in [0.25, 0.3) is 5.91 Å². The first kappa shape index (κ1) is 15.4. The summed E-state index contributed by atoms with van der Waals surface area (Å²) in [4.78, 5) is 36.2. The van der Waals surface area contributed by atoms with Crippen LogP contribution in [0.2, 0.25) is 0 Å². The van der Waals surface area contributed by atoms with Gasteiger partial charge in [0.15, 0.2) is 11.7 Å². The maximum atomic E-state index is 11.7. The van der Waals surface area contributed by atoms with Crippen LogP contribution >= 0.6 is 11.3 Å². The molecule has 0 saturated heterocycles. The minimum absolute atomic E-state index is 0.0512. The highest BCUT2D eigenvalue weighted by Crippen LogP contribution is 2.25. The monoisotopic (exact) mass is 323 g/mol. The Balaban J connectivity index is 1.95. The molecule has 1 heterocycles. The van der Waals surface area contributed by atoms with E-state index in [0.29, 0.717) is 11.3 Å². The number of carboxylic acid groups (broad SMARTS) is 1. The fourth-order valence-electron chi connectivity index (χ4n) is 1.48. The van der Waals surface area contributed by atoms with Gasteiger partial charge in [-0.05, 0) is 23.5 Å². The summed E-state index contributed by atoms with van der Waals surface area (Å²) in [6.07, 6.45) is 1.03. The number of nitrogens with zero attached hydrogens (tertiary/aromatic N) is 2. The third kappa shape index (κ3) is 3.76. The predicted molar refractivity (Wildman–Crippen MR) is 76.3 cm³/mol. The molecule has 0 atom stereocenters. The number of carbonyl (C=O) groups excluding carboxylic acids is 1. The summed E-state index contributed by atoms with van der Waals surface area (Å²) in [5.41, 5.74) is -0.0693. The number of benzene rings is 1. The average Bonchev–Trinajstić information content (AvgIpc) is 2.94. The van der Waals surface area contributed by atoms with Gasteiger partial charge in [0.1, 0.15) is 17.5 Å². The van der Waals surface area contributed by atoms with E-state index >= 15 is 0 Å². The Labute approximate surface area is 127 Å². The number of thiazole rings is 1. The number of carboxylic acids is 1. The summed E-state index contributed by atoms with van der Waals surface area (Å²) in [6, 6.07) is 5.87. The normalized spacial score (nSPS) is 10.0. The van der Waals surface area contributed by atoms with Crippen LogP contribution < -0.4 is 10.1 Å². The second kappa shape index (κ2) is 6.63. The van der Waals surface area contributed by atoms with Crippen LogP contribution in [0.5, 0.6) is 5.75 Å². The molecule has 0 fully saturated rings. The first-order valence-electron chi connectivity index (χ1n) is 5.82. The van der Waals surface area contributed by atoms with Gasteiger partial charge in [-0.2, -0.15) is 0 Å². The third-order valence-corrected chi connectivity index (χ3v) is 3.26. The molecule has 114 valence electrons. The van der Waals surface area contributed by atoms with Gasteiger partial charge in [-0.15, -0.1) is 0 Å². The van der Waals surface area contributed by atoms with Crippen molar-refractivity contribution < 1.29 is 24.4 Å². The van der Waals surface area contributed by atoms with Crippen molar-refractivity contribution in [1.29, 1.82) is 0 Å². The number of ether oxygens (including phenoxy) is 1. The van der Waals surface area contributed by atoms with E-state index in [1.807, 2.05) is 0 Å². The molecule has 0 radical (unpaired) electrons. The molecular formula is C12H9N3O6S. The lowest BCUT2D eigenvalue weighted by Crippen LogP contribution is -2.20. The Morgan fingerprint density at radius 3 is 2.77 bits per heavy atom. The number of para-hydroxylation sites is 1. The zero-order valence-corrected chi connectivity index (χ0v) is 11.7. The second-order valence-corrected chi connectivity index (χ2v) is 4.91. The van der Waals surface area contributed by atoms with Crippen LogP contribution in [-0.4, -0.2) is 33.5 Å². The number of carbonyl (C=O) groups is 2. The van der Waals surface area contributed by atoms with Crippen LogP contribution in [0.25, 0.3) is 0 Å². The first-order valence-corrected chi connectivity index (χ1v) is 6.64. The summed E-state index contributed by atoms with van der Waals surface area (Å²) in [5, 5.41) is 21.7. The topological polar surface area (TPSA) is 132 Å². The third-order valence-electron chi connectivity index (χ3n) is 2.40. The van der Waals surface area contributed by atoms with Crippen molar-refractivity contribution in [3.05, 3.63) is 46.1 Å². The molecule has 0 bridgehead atoms. The number of rotatable bonds is 6. The van der Waals surface area contributed by atoms with Crippen LogP contribution in [0.15, 0.2) is 30.5 Å². The lowest BCUT2D eigenvalue weighted by Gasteiger charge is -2.08. The number of hydrogen-bond donors (Lipinski definition) is 2. The van der Waals surface area contributed by atoms with E-state index in [2.05, 4.69) is 10.3 Å². The molecule has 2 aromatic rings. The Morgan fingerprint density at radius 2 is 2.14 bits per heavy atom. The highest BCUT2D eigenvalue weighted by molar-refractivity contribution is 7.18. The predicted octanol–water partition coefficient (Wildman–Crippen LogP) is 1.77. The molecule has 22 heavy (non-hydrogen) atoms. The second-order valence-electron chi connectivity index (χ2n) is 3.90. The smallest absolute Gasteiger partial charge is 0.345 e. The average molecular weight is 323 g/mol. The number of anilines is 1. The van der Waals surface area contributed by atoms with Crippen molar-refractivity contribution in [3.63, 3.8) is 0 Å². The van der Waals surface area contributed by atoms with Crippen molar-refractivity contribution in [1.82, 2.24) is 4.98 Å². The van der Waals surface area contributed by atoms with Crippen LogP contribution in [0, 0.1) is 10.1 Å². The summed E-state index contributed by atoms with van der Waals surface area (Å²) in [7, 11) is 0. The summed E-state index contributed by atoms with van der Waals surface area (Å²) in [6.45, 7) is -0.447. The van der Waals surface area contributed by atoms with Gasteiger partial charge in [0.2, 0.25) is 0 Å². The van der Waals surface area contributed by atoms with Crippen molar-refractivity contribution in [3.8, 4) is 5.75 Å². The number of amides is 1. The molecule has 2 N–H and O–H groups in total. The highest BCUT2D eigenvalue weighted by Gasteiger charge is 2.15. The molecule has 0 saturated carbocycles. The number of nitrogens with one attached hydrogen (secondary N) is 1. The van der Waals surface area contributed by atoms with Crippen LogP contribution in [0.1, 0.15) is 10.4 Å². The zero-order valence-electron chi connectivity index (χ0n) is 10.9. The maximum Gasteiger partial charge on any atom is 0.345 e. The molecule has 0 aliphatic heterocycles. The molecule has 1 aromatic carbocycles. The van der Waals surface area contributed by atoms with Crippen molar-refractivity contribution in [2.24, 2.45) is 0 Å². The lowest BCUT2D eigenvalue weighted by molar-refractivity contribution is -0.380. The Hall–Kier alpha value is -3.01. The molecule has 1 amide bonds. The molecule has 0 spiro atoms. The van der Waals surface area contributed by atoms with Gasteiger partial charge in [-0.3, -0.25) is 20.2 Å².